The Balaban J connectivity index is 1.18. The number of amides is 2. The highest BCUT2D eigenvalue weighted by atomic mass is 35.5. The average molecular weight is 657 g/mol. The molecule has 2 aromatic rings. The third kappa shape index (κ3) is 10.7. The van der Waals surface area contributed by atoms with Gasteiger partial charge >= 0.3 is 0 Å². The van der Waals surface area contributed by atoms with Crippen molar-refractivity contribution in [2.75, 3.05) is 52.4 Å². The van der Waals surface area contributed by atoms with E-state index in [0.29, 0.717) is 22.4 Å². The highest BCUT2D eigenvalue weighted by Gasteiger charge is 2.29. The number of carbonyl (C=O) groups excluding carboxylic acids is 2. The molecule has 0 spiro atoms. The lowest BCUT2D eigenvalue weighted by molar-refractivity contribution is -0.119. The minimum absolute atomic E-state index is 0.0580. The number of rotatable bonds is 12. The molecule has 5 rings (SSSR count). The van der Waals surface area contributed by atoms with Gasteiger partial charge in [-0.3, -0.25) is 19.4 Å². The molecule has 3 heterocycles. The number of hydrogen-bond acceptors (Lipinski definition) is 5. The van der Waals surface area contributed by atoms with Gasteiger partial charge in [0.05, 0.1) is 0 Å². The van der Waals surface area contributed by atoms with Crippen molar-refractivity contribution in [3.8, 4) is 11.1 Å². The topological polar surface area (TPSA) is 81.9 Å². The maximum Gasteiger partial charge on any atom is 0.217 e. The standard InChI is InChI=1S/C36H51Cl2N5O2/c1-26(44)40-23-27-4-11-42(12-5-27)24-28-17-29(19-32(18-28)33-20-34(37)22-35(38)21-33)25-43-15-8-31(9-16-43)30-6-13-41(14-7-30)10-2-3-36(39)45/h17-22,27,30-31H,2-16,23-25H2,1H3,(H2,39,45)(H,40,44). The zero-order valence-electron chi connectivity index (χ0n) is 26.9. The van der Waals surface area contributed by atoms with E-state index in [1.54, 1.807) is 13.0 Å². The van der Waals surface area contributed by atoms with Crippen molar-refractivity contribution >= 4 is 35.0 Å². The number of carbonyl (C=O) groups is 2. The van der Waals surface area contributed by atoms with Crippen molar-refractivity contribution in [2.24, 2.45) is 23.5 Å². The first-order chi connectivity index (χ1) is 21.7. The van der Waals surface area contributed by atoms with Gasteiger partial charge in [0.2, 0.25) is 11.8 Å². The summed E-state index contributed by atoms with van der Waals surface area (Å²) in [4.78, 5) is 30.1. The fourth-order valence-electron chi connectivity index (χ4n) is 7.69. The van der Waals surface area contributed by atoms with E-state index in [2.05, 4.69) is 38.2 Å². The summed E-state index contributed by atoms with van der Waals surface area (Å²) in [6.45, 7) is 11.9. The first-order valence-electron chi connectivity index (χ1n) is 17.0. The van der Waals surface area contributed by atoms with Crippen LogP contribution in [0.1, 0.15) is 69.4 Å². The van der Waals surface area contributed by atoms with Crippen molar-refractivity contribution in [1.29, 1.82) is 0 Å². The number of likely N-dealkylation sites (tertiary alicyclic amines) is 3. The lowest BCUT2D eigenvalue weighted by atomic mass is 9.78. The van der Waals surface area contributed by atoms with Crippen molar-refractivity contribution in [3.05, 3.63) is 57.6 Å². The minimum atomic E-state index is -0.190. The molecule has 0 aliphatic carbocycles. The Labute approximate surface area is 279 Å². The van der Waals surface area contributed by atoms with Crippen LogP contribution in [0.5, 0.6) is 0 Å². The summed E-state index contributed by atoms with van der Waals surface area (Å²) in [6, 6.07) is 12.9. The normalized spacial score (nSPS) is 20.0. The number of benzene rings is 2. The highest BCUT2D eigenvalue weighted by molar-refractivity contribution is 6.35. The summed E-state index contributed by atoms with van der Waals surface area (Å²) in [5.74, 6) is 2.07. The van der Waals surface area contributed by atoms with Gasteiger partial charge in [-0.2, -0.15) is 0 Å². The molecule has 7 nitrogen and oxygen atoms in total. The Morgan fingerprint density at radius 2 is 1.22 bits per heavy atom. The van der Waals surface area contributed by atoms with Crippen LogP contribution in [0.4, 0.5) is 0 Å². The van der Waals surface area contributed by atoms with E-state index in [1.807, 2.05) is 12.1 Å². The van der Waals surface area contributed by atoms with Gasteiger partial charge in [-0.15, -0.1) is 0 Å². The van der Waals surface area contributed by atoms with Gasteiger partial charge in [0.15, 0.2) is 0 Å². The monoisotopic (exact) mass is 655 g/mol. The molecule has 0 unspecified atom stereocenters. The van der Waals surface area contributed by atoms with E-state index in [4.69, 9.17) is 28.9 Å². The van der Waals surface area contributed by atoms with Gasteiger partial charge in [0.1, 0.15) is 0 Å². The van der Waals surface area contributed by atoms with Crippen molar-refractivity contribution in [1.82, 2.24) is 20.0 Å². The smallest absolute Gasteiger partial charge is 0.217 e. The van der Waals surface area contributed by atoms with Crippen LogP contribution < -0.4 is 11.1 Å². The fraction of sp³-hybridized carbons (Fsp3) is 0.611. The second-order valence-electron chi connectivity index (χ2n) is 13.7. The second-order valence-corrected chi connectivity index (χ2v) is 14.6. The van der Waals surface area contributed by atoms with E-state index in [0.717, 1.165) is 102 Å². The van der Waals surface area contributed by atoms with Crippen LogP contribution in [0, 0.1) is 17.8 Å². The molecule has 0 aromatic heterocycles. The van der Waals surface area contributed by atoms with E-state index in [-0.39, 0.29) is 11.8 Å². The van der Waals surface area contributed by atoms with Crippen molar-refractivity contribution in [2.45, 2.75) is 71.4 Å². The van der Waals surface area contributed by atoms with Crippen LogP contribution in [0.15, 0.2) is 36.4 Å². The van der Waals surface area contributed by atoms with Crippen LogP contribution in [0.3, 0.4) is 0 Å². The van der Waals surface area contributed by atoms with Gasteiger partial charge in [-0.05, 0) is 161 Å². The molecule has 2 aromatic carbocycles. The van der Waals surface area contributed by atoms with Gasteiger partial charge in [-0.1, -0.05) is 29.3 Å². The molecule has 0 bridgehead atoms. The number of primary amides is 1. The number of hydrogen-bond donors (Lipinski definition) is 2. The zero-order chi connectivity index (χ0) is 31.8. The van der Waals surface area contributed by atoms with Gasteiger partial charge in [0, 0.05) is 43.0 Å². The zero-order valence-corrected chi connectivity index (χ0v) is 28.4. The highest BCUT2D eigenvalue weighted by Crippen LogP contribution is 2.34. The van der Waals surface area contributed by atoms with Gasteiger partial charge < -0.3 is 16.0 Å². The van der Waals surface area contributed by atoms with Crippen LogP contribution in [-0.4, -0.2) is 78.9 Å². The summed E-state index contributed by atoms with van der Waals surface area (Å²) in [5, 5.41) is 4.31. The molecule has 3 aliphatic rings. The lowest BCUT2D eigenvalue weighted by Crippen LogP contribution is -2.41. The molecule has 3 N–H and O–H groups in total. The van der Waals surface area contributed by atoms with Crippen molar-refractivity contribution < 1.29 is 9.59 Å². The SMILES string of the molecule is CC(=O)NCC1CCN(Cc2cc(CN3CCC(C4CCN(CCCC(N)=O)CC4)CC3)cc(-c3cc(Cl)cc(Cl)c3)c2)CC1. The van der Waals surface area contributed by atoms with Gasteiger partial charge in [-0.25, -0.2) is 0 Å². The molecule has 246 valence electrons. The predicted octanol–water partition coefficient (Wildman–Crippen LogP) is 6.20. The Bertz CT molecular complexity index is 1260. The second kappa shape index (κ2) is 16.6. The first-order valence-corrected chi connectivity index (χ1v) is 17.7. The Morgan fingerprint density at radius 3 is 1.73 bits per heavy atom. The molecule has 0 radical (unpaired) electrons. The number of nitrogens with two attached hydrogens (primary N) is 1. The summed E-state index contributed by atoms with van der Waals surface area (Å²) >= 11 is 12.8. The average Bonchev–Trinajstić information content (AvgIpc) is 3.01. The third-order valence-corrected chi connectivity index (χ3v) is 10.7. The molecule has 0 atom stereocenters. The number of nitrogens with one attached hydrogen (secondary N) is 1. The van der Waals surface area contributed by atoms with Crippen molar-refractivity contribution in [3.63, 3.8) is 0 Å². The molecule has 0 saturated carbocycles. The minimum Gasteiger partial charge on any atom is -0.370 e. The third-order valence-electron chi connectivity index (χ3n) is 10.2. The summed E-state index contributed by atoms with van der Waals surface area (Å²) < 4.78 is 0. The first kappa shape index (κ1) is 34.2. The van der Waals surface area contributed by atoms with Gasteiger partial charge in [0.25, 0.3) is 0 Å². The van der Waals surface area contributed by atoms with E-state index in [1.165, 1.54) is 42.4 Å². The van der Waals surface area contributed by atoms with E-state index >= 15 is 0 Å². The van der Waals surface area contributed by atoms with E-state index in [9.17, 15) is 9.59 Å². The van der Waals surface area contributed by atoms with Crippen LogP contribution >= 0.6 is 23.2 Å². The Morgan fingerprint density at radius 1 is 0.733 bits per heavy atom. The largest absolute Gasteiger partial charge is 0.370 e. The molecule has 3 aliphatic heterocycles. The van der Waals surface area contributed by atoms with Crippen LogP contribution in [0.25, 0.3) is 11.1 Å². The maximum absolute atomic E-state index is 11.3. The fourth-order valence-corrected chi connectivity index (χ4v) is 8.22. The maximum atomic E-state index is 11.3. The quantitative estimate of drug-likeness (QED) is 0.285. The lowest BCUT2D eigenvalue weighted by Gasteiger charge is -2.40. The Hall–Kier alpha value is -2.16. The van der Waals surface area contributed by atoms with Crippen LogP contribution in [-0.2, 0) is 22.7 Å². The van der Waals surface area contributed by atoms with E-state index < -0.39 is 0 Å². The summed E-state index contributed by atoms with van der Waals surface area (Å²) in [6.07, 6.45) is 8.70. The summed E-state index contributed by atoms with van der Waals surface area (Å²) in [5.41, 5.74) is 10.2. The number of piperidine rings is 3. The predicted molar refractivity (Wildman–Crippen MR) is 184 cm³/mol. The number of nitrogens with zero attached hydrogens (tertiary/aromatic N) is 3. The summed E-state index contributed by atoms with van der Waals surface area (Å²) in [7, 11) is 0. The molecule has 3 saturated heterocycles. The van der Waals surface area contributed by atoms with Crippen LogP contribution in [0.2, 0.25) is 10.0 Å². The number of halogens is 2. The molecule has 3 fully saturated rings. The molecular weight excluding hydrogens is 605 g/mol. The molecule has 45 heavy (non-hydrogen) atoms. The Kier molecular flexibility index (Phi) is 12.6. The molecule has 9 heteroatoms. The molecular formula is C36H51Cl2N5O2. The molecule has 2 amide bonds.